The molecule has 0 aliphatic heterocycles. The first-order valence-electron chi connectivity index (χ1n) is 8.47. The van der Waals surface area contributed by atoms with Gasteiger partial charge in [-0.3, -0.25) is 9.78 Å². The maximum absolute atomic E-state index is 12.3. The molecule has 2 aromatic heterocycles. The van der Waals surface area contributed by atoms with Crippen LogP contribution >= 0.6 is 0 Å². The molecular formula is C20H22N4O2. The Bertz CT molecular complexity index is 911. The van der Waals surface area contributed by atoms with Gasteiger partial charge in [-0.2, -0.15) is 4.98 Å². The van der Waals surface area contributed by atoms with Crippen LogP contribution in [0.2, 0.25) is 0 Å². The zero-order chi connectivity index (χ0) is 18.7. The van der Waals surface area contributed by atoms with Crippen molar-refractivity contribution in [2.24, 2.45) is 0 Å². The third-order valence-corrected chi connectivity index (χ3v) is 4.07. The van der Waals surface area contributed by atoms with Crippen molar-refractivity contribution in [3.8, 4) is 11.1 Å². The van der Waals surface area contributed by atoms with E-state index in [4.69, 9.17) is 4.52 Å². The second kappa shape index (κ2) is 7.07. The largest absolute Gasteiger partial charge is 0.345 e. The van der Waals surface area contributed by atoms with E-state index in [2.05, 4.69) is 26.5 Å². The number of benzene rings is 1. The highest BCUT2D eigenvalue weighted by atomic mass is 16.5. The summed E-state index contributed by atoms with van der Waals surface area (Å²) in [5.74, 6) is 0.156. The zero-order valence-corrected chi connectivity index (χ0v) is 15.4. The monoisotopic (exact) mass is 350 g/mol. The van der Waals surface area contributed by atoms with Gasteiger partial charge < -0.3 is 9.84 Å². The Morgan fingerprint density at radius 2 is 1.85 bits per heavy atom. The quantitative estimate of drug-likeness (QED) is 0.776. The normalized spacial score (nSPS) is 11.4. The minimum Gasteiger partial charge on any atom is -0.345 e. The lowest BCUT2D eigenvalue weighted by Gasteiger charge is -2.10. The fourth-order valence-electron chi connectivity index (χ4n) is 2.49. The van der Waals surface area contributed by atoms with Crippen LogP contribution in [0.3, 0.4) is 0 Å². The number of carbonyl (C=O) groups excluding carboxylic acids is 1. The van der Waals surface area contributed by atoms with Crippen molar-refractivity contribution >= 4 is 5.91 Å². The Labute approximate surface area is 152 Å². The van der Waals surface area contributed by atoms with Crippen LogP contribution in [0.15, 0.2) is 47.2 Å². The Morgan fingerprint density at radius 3 is 2.46 bits per heavy atom. The average Bonchev–Trinajstić information content (AvgIpc) is 3.12. The first-order chi connectivity index (χ1) is 12.3. The summed E-state index contributed by atoms with van der Waals surface area (Å²) in [6, 6.07) is 10.1. The predicted octanol–water partition coefficient (Wildman–Crippen LogP) is 3.67. The molecule has 6 nitrogen and oxygen atoms in total. The van der Waals surface area contributed by atoms with Gasteiger partial charge >= 0.3 is 0 Å². The number of aryl methyl sites for hydroxylation is 1. The molecular weight excluding hydrogens is 328 g/mol. The van der Waals surface area contributed by atoms with Crippen LogP contribution in [0, 0.1) is 6.92 Å². The molecule has 0 spiro atoms. The number of hydrogen-bond donors (Lipinski definition) is 1. The van der Waals surface area contributed by atoms with E-state index in [0.717, 1.165) is 22.3 Å². The fraction of sp³-hybridized carbons (Fsp3) is 0.300. The Hall–Kier alpha value is -3.02. The number of amides is 1. The number of hydrogen-bond acceptors (Lipinski definition) is 5. The number of rotatable bonds is 4. The third kappa shape index (κ3) is 3.96. The first-order valence-corrected chi connectivity index (χ1v) is 8.47. The molecule has 0 radical (unpaired) electrons. The zero-order valence-electron chi connectivity index (χ0n) is 15.4. The van der Waals surface area contributed by atoms with Crippen molar-refractivity contribution in [1.82, 2.24) is 20.4 Å². The van der Waals surface area contributed by atoms with E-state index < -0.39 is 0 Å². The van der Waals surface area contributed by atoms with E-state index in [1.807, 2.05) is 52.0 Å². The number of nitrogens with zero attached hydrogens (tertiary/aromatic N) is 3. The van der Waals surface area contributed by atoms with Crippen LogP contribution in [0.4, 0.5) is 0 Å². The second-order valence-corrected chi connectivity index (χ2v) is 7.23. The highest BCUT2D eigenvalue weighted by Gasteiger charge is 2.24. The van der Waals surface area contributed by atoms with Crippen LogP contribution in [-0.4, -0.2) is 21.0 Å². The fourth-order valence-corrected chi connectivity index (χ4v) is 2.49. The van der Waals surface area contributed by atoms with Crippen molar-refractivity contribution < 1.29 is 9.32 Å². The van der Waals surface area contributed by atoms with Gasteiger partial charge in [0.15, 0.2) is 0 Å². The van der Waals surface area contributed by atoms with E-state index in [-0.39, 0.29) is 17.1 Å². The maximum atomic E-state index is 12.3. The molecule has 0 saturated carbocycles. The number of nitrogens with one attached hydrogen (secondary N) is 1. The molecule has 2 heterocycles. The van der Waals surface area contributed by atoms with Gasteiger partial charge in [0.1, 0.15) is 0 Å². The number of carbonyl (C=O) groups is 1. The smallest absolute Gasteiger partial charge is 0.292 e. The van der Waals surface area contributed by atoms with E-state index in [9.17, 15) is 4.79 Å². The summed E-state index contributed by atoms with van der Waals surface area (Å²) in [6.45, 7) is 8.29. The van der Waals surface area contributed by atoms with Crippen LogP contribution in [0.25, 0.3) is 11.1 Å². The van der Waals surface area contributed by atoms with Gasteiger partial charge in [0.25, 0.3) is 11.7 Å². The standard InChI is InChI=1S/C20H22N4O2/c1-13-11-15(14-7-9-21-10-8-14)5-6-16(13)12-22-18(25)17-23-19(26-24-17)20(2,3)4/h5-11H,12H2,1-4H3,(H,22,25). The summed E-state index contributed by atoms with van der Waals surface area (Å²) >= 11 is 0. The first kappa shape index (κ1) is 17.8. The van der Waals surface area contributed by atoms with E-state index in [1.54, 1.807) is 12.4 Å². The van der Waals surface area contributed by atoms with Crippen molar-refractivity contribution in [2.45, 2.75) is 39.7 Å². The van der Waals surface area contributed by atoms with Crippen LogP contribution < -0.4 is 5.32 Å². The molecule has 1 amide bonds. The number of pyridine rings is 1. The lowest BCUT2D eigenvalue weighted by Crippen LogP contribution is -2.24. The minimum atomic E-state index is -0.345. The van der Waals surface area contributed by atoms with Gasteiger partial charge in [-0.1, -0.05) is 44.1 Å². The van der Waals surface area contributed by atoms with Gasteiger partial charge in [0.2, 0.25) is 5.89 Å². The molecule has 0 saturated heterocycles. The van der Waals surface area contributed by atoms with Crippen molar-refractivity contribution in [2.75, 3.05) is 0 Å². The summed E-state index contributed by atoms with van der Waals surface area (Å²) in [7, 11) is 0. The molecule has 1 N–H and O–H groups in total. The van der Waals surface area contributed by atoms with E-state index in [0.29, 0.717) is 12.4 Å². The SMILES string of the molecule is Cc1cc(-c2ccncc2)ccc1CNC(=O)c1noc(C(C)(C)C)n1. The molecule has 3 aromatic rings. The van der Waals surface area contributed by atoms with Gasteiger partial charge in [-0.25, -0.2) is 0 Å². The predicted molar refractivity (Wildman–Crippen MR) is 98.6 cm³/mol. The summed E-state index contributed by atoms with van der Waals surface area (Å²) in [4.78, 5) is 20.5. The lowest BCUT2D eigenvalue weighted by atomic mass is 9.97. The lowest BCUT2D eigenvalue weighted by molar-refractivity contribution is 0.0937. The summed E-state index contributed by atoms with van der Waals surface area (Å²) in [5.41, 5.74) is 4.08. The second-order valence-electron chi connectivity index (χ2n) is 7.23. The van der Waals surface area contributed by atoms with E-state index in [1.165, 1.54) is 0 Å². The van der Waals surface area contributed by atoms with Gasteiger partial charge in [0.05, 0.1) is 0 Å². The van der Waals surface area contributed by atoms with Gasteiger partial charge in [0, 0.05) is 24.4 Å². The third-order valence-electron chi connectivity index (χ3n) is 4.07. The number of aromatic nitrogens is 3. The minimum absolute atomic E-state index is 0.0565. The molecule has 0 atom stereocenters. The maximum Gasteiger partial charge on any atom is 0.292 e. The molecule has 0 bridgehead atoms. The summed E-state index contributed by atoms with van der Waals surface area (Å²) in [6.07, 6.45) is 3.55. The molecule has 0 fully saturated rings. The average molecular weight is 350 g/mol. The van der Waals surface area contributed by atoms with Crippen LogP contribution in [0.1, 0.15) is 48.4 Å². The van der Waals surface area contributed by atoms with Crippen molar-refractivity contribution in [1.29, 1.82) is 0 Å². The summed E-state index contributed by atoms with van der Waals surface area (Å²) < 4.78 is 5.16. The molecule has 3 rings (SSSR count). The highest BCUT2D eigenvalue weighted by molar-refractivity contribution is 5.90. The Kier molecular flexibility index (Phi) is 4.84. The molecule has 0 aliphatic carbocycles. The van der Waals surface area contributed by atoms with Crippen molar-refractivity contribution in [3.63, 3.8) is 0 Å². The molecule has 134 valence electrons. The molecule has 0 unspecified atom stereocenters. The topological polar surface area (TPSA) is 80.9 Å². The van der Waals surface area contributed by atoms with Crippen molar-refractivity contribution in [3.05, 3.63) is 65.6 Å². The highest BCUT2D eigenvalue weighted by Crippen LogP contribution is 2.22. The van der Waals surface area contributed by atoms with Gasteiger partial charge in [-0.15, -0.1) is 0 Å². The van der Waals surface area contributed by atoms with E-state index >= 15 is 0 Å². The van der Waals surface area contributed by atoms with Gasteiger partial charge in [-0.05, 0) is 41.3 Å². The molecule has 0 aliphatic rings. The Balaban J connectivity index is 1.68. The van der Waals surface area contributed by atoms with Crippen LogP contribution in [0.5, 0.6) is 0 Å². The Morgan fingerprint density at radius 1 is 1.12 bits per heavy atom. The molecule has 6 heteroatoms. The summed E-state index contributed by atoms with van der Waals surface area (Å²) in [5, 5.41) is 6.61. The molecule has 26 heavy (non-hydrogen) atoms. The molecule has 1 aromatic carbocycles. The van der Waals surface area contributed by atoms with Crippen LogP contribution in [-0.2, 0) is 12.0 Å².